The fourth-order valence-corrected chi connectivity index (χ4v) is 5.80. The first-order chi connectivity index (χ1) is 12.6. The summed E-state index contributed by atoms with van der Waals surface area (Å²) in [7, 11) is 1.63. The Balaban J connectivity index is 1.43. The number of benzene rings is 1. The molecule has 0 unspecified atom stereocenters. The van der Waals surface area contributed by atoms with Crippen molar-refractivity contribution in [3.05, 3.63) is 29.8 Å². The lowest BCUT2D eigenvalue weighted by molar-refractivity contribution is -0.122. The van der Waals surface area contributed by atoms with Gasteiger partial charge in [-0.25, -0.2) is 0 Å². The lowest BCUT2D eigenvalue weighted by Crippen LogP contribution is -2.59. The van der Waals surface area contributed by atoms with Gasteiger partial charge in [0.05, 0.1) is 13.7 Å². The van der Waals surface area contributed by atoms with E-state index in [1.165, 1.54) is 38.5 Å². The van der Waals surface area contributed by atoms with Crippen LogP contribution in [-0.4, -0.2) is 25.2 Å². The van der Waals surface area contributed by atoms with E-state index in [0.29, 0.717) is 18.1 Å². The molecule has 0 saturated heterocycles. The highest BCUT2D eigenvalue weighted by Crippen LogP contribution is 2.55. The van der Waals surface area contributed by atoms with Gasteiger partial charge in [-0.3, -0.25) is 4.79 Å². The van der Waals surface area contributed by atoms with Gasteiger partial charge in [0.25, 0.3) is 0 Å². The fourth-order valence-electron chi connectivity index (χ4n) is 5.80. The van der Waals surface area contributed by atoms with E-state index in [2.05, 4.69) is 5.32 Å². The van der Waals surface area contributed by atoms with Crippen molar-refractivity contribution in [2.45, 2.75) is 51.0 Å². The Kier molecular flexibility index (Phi) is 4.68. The van der Waals surface area contributed by atoms with Crippen LogP contribution in [0.3, 0.4) is 0 Å². The minimum atomic E-state index is 0.0285. The third kappa shape index (κ3) is 3.46. The molecule has 4 bridgehead atoms. The fraction of sp³-hybridized carbons (Fsp3) is 0.591. The summed E-state index contributed by atoms with van der Waals surface area (Å²) in [6.45, 7) is 2.52. The molecule has 4 fully saturated rings. The topological polar surface area (TPSA) is 47.6 Å². The summed E-state index contributed by atoms with van der Waals surface area (Å²) in [5.41, 5.74) is 1.00. The van der Waals surface area contributed by atoms with Crippen LogP contribution in [0.2, 0.25) is 0 Å². The number of methoxy groups -OCH3 is 1. The Morgan fingerprint density at radius 3 is 2.38 bits per heavy atom. The van der Waals surface area contributed by atoms with Gasteiger partial charge in [-0.1, -0.05) is 6.07 Å². The predicted molar refractivity (Wildman–Crippen MR) is 102 cm³/mol. The zero-order valence-electron chi connectivity index (χ0n) is 15.8. The molecule has 1 aromatic carbocycles. The lowest BCUT2D eigenvalue weighted by atomic mass is 9.53. The van der Waals surface area contributed by atoms with Crippen LogP contribution < -0.4 is 14.8 Å². The second-order valence-electron chi connectivity index (χ2n) is 8.36. The van der Waals surface area contributed by atoms with Crippen LogP contribution in [-0.2, 0) is 4.79 Å². The van der Waals surface area contributed by atoms with Crippen LogP contribution in [0.5, 0.6) is 11.5 Å². The maximum atomic E-state index is 12.6. The number of hydrogen-bond donors (Lipinski definition) is 1. The second-order valence-corrected chi connectivity index (χ2v) is 8.36. The molecule has 1 aromatic rings. The van der Waals surface area contributed by atoms with E-state index in [4.69, 9.17) is 9.47 Å². The quantitative estimate of drug-likeness (QED) is 0.778. The third-order valence-electron chi connectivity index (χ3n) is 6.34. The van der Waals surface area contributed by atoms with E-state index in [1.807, 2.05) is 31.2 Å². The highest BCUT2D eigenvalue weighted by atomic mass is 16.5. The van der Waals surface area contributed by atoms with E-state index in [1.54, 1.807) is 13.2 Å². The van der Waals surface area contributed by atoms with Crippen LogP contribution in [0.1, 0.15) is 51.0 Å². The Bertz CT molecular complexity index is 674. The first-order valence-electron chi connectivity index (χ1n) is 9.90. The van der Waals surface area contributed by atoms with Gasteiger partial charge in [-0.2, -0.15) is 0 Å². The smallest absolute Gasteiger partial charge is 0.244 e. The van der Waals surface area contributed by atoms with Gasteiger partial charge in [0.2, 0.25) is 5.91 Å². The van der Waals surface area contributed by atoms with Gasteiger partial charge in [0.1, 0.15) is 0 Å². The Labute approximate surface area is 156 Å². The number of carbonyl (C=O) groups is 1. The van der Waals surface area contributed by atoms with Gasteiger partial charge in [0, 0.05) is 11.6 Å². The van der Waals surface area contributed by atoms with Gasteiger partial charge < -0.3 is 14.8 Å². The molecule has 140 valence electrons. The molecule has 26 heavy (non-hydrogen) atoms. The first-order valence-corrected chi connectivity index (χ1v) is 9.90. The minimum absolute atomic E-state index is 0.0285. The molecule has 4 nitrogen and oxygen atoms in total. The molecule has 0 radical (unpaired) electrons. The second kappa shape index (κ2) is 6.98. The normalized spacial score (nSPS) is 32.0. The van der Waals surface area contributed by atoms with Crippen molar-refractivity contribution in [2.24, 2.45) is 17.8 Å². The number of carbonyl (C=O) groups excluding carboxylic acids is 1. The van der Waals surface area contributed by atoms with Crippen LogP contribution >= 0.6 is 0 Å². The Hall–Kier alpha value is -1.97. The lowest BCUT2D eigenvalue weighted by Gasteiger charge is -2.56. The monoisotopic (exact) mass is 355 g/mol. The average molecular weight is 355 g/mol. The Morgan fingerprint density at radius 1 is 1.15 bits per heavy atom. The maximum absolute atomic E-state index is 12.6. The van der Waals surface area contributed by atoms with Crippen LogP contribution in [0.15, 0.2) is 24.3 Å². The largest absolute Gasteiger partial charge is 0.493 e. The van der Waals surface area contributed by atoms with Gasteiger partial charge >= 0.3 is 0 Å². The highest BCUT2D eigenvalue weighted by Gasteiger charge is 2.51. The summed E-state index contributed by atoms with van der Waals surface area (Å²) in [5.74, 6) is 3.95. The first kappa shape index (κ1) is 17.4. The van der Waals surface area contributed by atoms with Crippen molar-refractivity contribution < 1.29 is 14.3 Å². The molecular weight excluding hydrogens is 326 g/mol. The van der Waals surface area contributed by atoms with Crippen molar-refractivity contribution in [2.75, 3.05) is 13.7 Å². The van der Waals surface area contributed by atoms with Crippen molar-refractivity contribution >= 4 is 12.0 Å². The number of nitrogens with one attached hydrogen (secondary N) is 1. The summed E-state index contributed by atoms with van der Waals surface area (Å²) in [4.78, 5) is 12.6. The molecule has 0 atom stereocenters. The SMILES string of the molecule is CCOc1cc(/C=C/C(=O)NC23CC4CC(CC(C4)C2)C3)ccc1OC. The summed E-state index contributed by atoms with van der Waals surface area (Å²) in [6.07, 6.45) is 11.2. The molecule has 0 spiro atoms. The number of amides is 1. The maximum Gasteiger partial charge on any atom is 0.244 e. The van der Waals surface area contributed by atoms with Gasteiger partial charge in [-0.15, -0.1) is 0 Å². The molecule has 5 rings (SSSR count). The zero-order chi connectivity index (χ0) is 18.1. The zero-order valence-corrected chi connectivity index (χ0v) is 15.8. The molecule has 4 heteroatoms. The third-order valence-corrected chi connectivity index (χ3v) is 6.34. The van der Waals surface area contributed by atoms with Crippen molar-refractivity contribution in [1.29, 1.82) is 0 Å². The minimum Gasteiger partial charge on any atom is -0.493 e. The molecular formula is C22H29NO3. The number of rotatable bonds is 6. The molecule has 4 aliphatic rings. The molecule has 4 aliphatic carbocycles. The van der Waals surface area contributed by atoms with Crippen LogP contribution in [0, 0.1) is 17.8 Å². The van der Waals surface area contributed by atoms with E-state index >= 15 is 0 Å². The Morgan fingerprint density at radius 2 is 1.81 bits per heavy atom. The molecule has 0 aliphatic heterocycles. The number of ether oxygens (including phenoxy) is 2. The van der Waals surface area contributed by atoms with E-state index in [-0.39, 0.29) is 11.4 Å². The van der Waals surface area contributed by atoms with Crippen LogP contribution in [0.4, 0.5) is 0 Å². The number of hydrogen-bond acceptors (Lipinski definition) is 3. The molecule has 0 aromatic heterocycles. The van der Waals surface area contributed by atoms with Crippen molar-refractivity contribution in [3.8, 4) is 11.5 Å². The predicted octanol–water partition coefficient (Wildman–Crippen LogP) is 4.19. The average Bonchev–Trinajstić information content (AvgIpc) is 2.59. The van der Waals surface area contributed by atoms with Crippen LogP contribution in [0.25, 0.3) is 6.08 Å². The van der Waals surface area contributed by atoms with Crippen molar-refractivity contribution in [3.63, 3.8) is 0 Å². The molecule has 1 amide bonds. The molecule has 4 saturated carbocycles. The van der Waals surface area contributed by atoms with E-state index in [9.17, 15) is 4.79 Å². The highest BCUT2D eigenvalue weighted by molar-refractivity contribution is 5.92. The summed E-state index contributed by atoms with van der Waals surface area (Å²) >= 11 is 0. The van der Waals surface area contributed by atoms with Gasteiger partial charge in [0.15, 0.2) is 11.5 Å². The summed E-state index contributed by atoms with van der Waals surface area (Å²) in [6, 6.07) is 5.73. The van der Waals surface area contributed by atoms with E-state index in [0.717, 1.165) is 23.3 Å². The molecule has 1 N–H and O–H groups in total. The summed E-state index contributed by atoms with van der Waals surface area (Å²) < 4.78 is 10.9. The van der Waals surface area contributed by atoms with Crippen molar-refractivity contribution in [1.82, 2.24) is 5.32 Å². The summed E-state index contributed by atoms with van der Waals surface area (Å²) in [5, 5.41) is 3.38. The van der Waals surface area contributed by atoms with E-state index < -0.39 is 0 Å². The van der Waals surface area contributed by atoms with Gasteiger partial charge in [-0.05, 0) is 87.0 Å². The molecule has 0 heterocycles. The standard InChI is InChI=1S/C22H29NO3/c1-3-26-20-11-15(4-6-19(20)25-2)5-7-21(24)23-22-12-16-8-17(13-22)10-18(9-16)14-22/h4-7,11,16-18H,3,8-10,12-14H2,1-2H3,(H,23,24)/b7-5+.